The summed E-state index contributed by atoms with van der Waals surface area (Å²) in [4.78, 5) is 49.9. The van der Waals surface area contributed by atoms with Gasteiger partial charge < -0.3 is 69.3 Å². The number of fused-ring (bicyclic) bond motifs is 2. The number of aromatic nitrogens is 2. The summed E-state index contributed by atoms with van der Waals surface area (Å²) in [6.07, 6.45) is -2.78. The molecule has 6 aromatic rings. The van der Waals surface area contributed by atoms with Crippen LogP contribution >= 0.6 is 0 Å². The number of carboxylic acids is 1. The lowest BCUT2D eigenvalue weighted by atomic mass is 9.88. The van der Waals surface area contributed by atoms with E-state index in [1.807, 2.05) is 32.0 Å². The zero-order chi connectivity index (χ0) is 47.8. The van der Waals surface area contributed by atoms with Gasteiger partial charge in [0.25, 0.3) is 5.79 Å². The molecule has 2 aliphatic rings. The topological polar surface area (TPSA) is 296 Å². The van der Waals surface area contributed by atoms with Crippen LogP contribution in [0.5, 0.6) is 11.5 Å². The largest absolute Gasteiger partial charge is 0.508 e. The molecule has 0 radical (unpaired) electrons. The predicted octanol–water partition coefficient (Wildman–Crippen LogP) is 2.97. The van der Waals surface area contributed by atoms with Gasteiger partial charge >= 0.3 is 11.9 Å². The van der Waals surface area contributed by atoms with Crippen LogP contribution in [0.1, 0.15) is 49.7 Å². The molecular weight excluding hydrogens is 875 g/mol. The molecule has 0 amide bonds. The van der Waals surface area contributed by atoms with E-state index in [1.54, 1.807) is 30.6 Å². The van der Waals surface area contributed by atoms with Crippen molar-refractivity contribution in [3.05, 3.63) is 107 Å². The summed E-state index contributed by atoms with van der Waals surface area (Å²) in [6, 6.07) is 17.2. The van der Waals surface area contributed by atoms with Gasteiger partial charge in [0, 0.05) is 42.3 Å². The van der Waals surface area contributed by atoms with Crippen LogP contribution in [0.4, 0.5) is 0 Å². The van der Waals surface area contributed by atoms with Gasteiger partial charge in [0.05, 0.1) is 22.7 Å². The maximum atomic E-state index is 13.9. The van der Waals surface area contributed by atoms with Gasteiger partial charge in [-0.3, -0.25) is 19.7 Å². The standard InChI is InChI=1S/C48H53N3O16/c1-25-18-26(2)20-29(19-25)38-37-28(14-16-49-37)22-51(38)67-42-40(56)41(57)43(48(62,24-53)66-45(60)36(44(58)59)47(61,15-17-52)50-30-6-4-3-5-7-30)65-46(42)64-32-12-13-33-35(21-32)63-23-34(39(33)55)27-8-10-31(54)11-9-27/h8-14,16,18-23,30,36,40-43,46,49-50,52-54,56-57,61-62H,3-7,15,17,24H2,1-2H3,(H,58,59)/t36-,40+,41+,42-,43+,46-,47-,48+/m0/s1. The van der Waals surface area contributed by atoms with Crippen LogP contribution in [0.25, 0.3) is 44.3 Å². The smallest absolute Gasteiger partial charge is 0.327 e. The second-order valence-electron chi connectivity index (χ2n) is 17.3. The molecule has 67 heavy (non-hydrogen) atoms. The van der Waals surface area contributed by atoms with Crippen LogP contribution in [0.2, 0.25) is 0 Å². The van der Waals surface area contributed by atoms with Crippen molar-refractivity contribution < 1.29 is 73.9 Å². The number of nitrogens with one attached hydrogen (secondary N) is 2. The fraction of sp³-hybridized carbons (Fsp3) is 0.396. The van der Waals surface area contributed by atoms with Crippen molar-refractivity contribution in [3.8, 4) is 33.9 Å². The second kappa shape index (κ2) is 19.1. The number of ether oxygens (including phenoxy) is 3. The number of carbonyl (C=O) groups is 2. The highest BCUT2D eigenvalue weighted by Crippen LogP contribution is 2.37. The number of carboxylic acid groups (broad SMARTS) is 1. The Morgan fingerprint density at radius 1 is 0.940 bits per heavy atom. The van der Waals surface area contributed by atoms with E-state index >= 15 is 0 Å². The maximum absolute atomic E-state index is 13.9. The number of aliphatic carboxylic acids is 1. The van der Waals surface area contributed by atoms with Gasteiger partial charge in [0.2, 0.25) is 12.4 Å². The average molecular weight is 928 g/mol. The molecule has 10 N–H and O–H groups in total. The van der Waals surface area contributed by atoms with Crippen molar-refractivity contribution in [1.82, 2.24) is 15.0 Å². The summed E-state index contributed by atoms with van der Waals surface area (Å²) in [5, 5.41) is 91.6. The van der Waals surface area contributed by atoms with Crippen LogP contribution < -0.4 is 20.3 Å². The minimum Gasteiger partial charge on any atom is -0.508 e. The van der Waals surface area contributed by atoms with Gasteiger partial charge in [-0.1, -0.05) is 48.6 Å². The molecule has 1 aliphatic carbocycles. The number of esters is 1. The van der Waals surface area contributed by atoms with E-state index in [0.29, 0.717) is 40.6 Å². The van der Waals surface area contributed by atoms with Crippen LogP contribution in [-0.4, -0.2) is 124 Å². The third-order valence-electron chi connectivity index (χ3n) is 12.4. The average Bonchev–Trinajstić information content (AvgIpc) is 3.88. The van der Waals surface area contributed by atoms with E-state index in [9.17, 15) is 55.2 Å². The lowest BCUT2D eigenvalue weighted by molar-refractivity contribution is -0.356. The van der Waals surface area contributed by atoms with Gasteiger partial charge in [0.15, 0.2) is 17.5 Å². The number of H-pyrrole nitrogens is 1. The number of benzene rings is 3. The second-order valence-corrected chi connectivity index (χ2v) is 17.3. The highest BCUT2D eigenvalue weighted by molar-refractivity contribution is 5.96. The Labute approximate surface area is 382 Å². The molecule has 0 unspecified atom stereocenters. The Morgan fingerprint density at radius 2 is 1.66 bits per heavy atom. The summed E-state index contributed by atoms with van der Waals surface area (Å²) >= 11 is 0. The highest BCUT2D eigenvalue weighted by atomic mass is 16.8. The Balaban J connectivity index is 1.15. The molecule has 19 heteroatoms. The minimum absolute atomic E-state index is 0.00567. The third-order valence-corrected chi connectivity index (χ3v) is 12.4. The zero-order valence-corrected chi connectivity index (χ0v) is 36.6. The normalized spacial score (nSPS) is 22.5. The summed E-state index contributed by atoms with van der Waals surface area (Å²) in [5.41, 5.74) is 1.45. The maximum Gasteiger partial charge on any atom is 0.327 e. The fourth-order valence-corrected chi connectivity index (χ4v) is 9.15. The molecule has 1 saturated carbocycles. The lowest BCUT2D eigenvalue weighted by Crippen LogP contribution is -2.70. The molecule has 356 valence electrons. The molecule has 1 saturated heterocycles. The van der Waals surface area contributed by atoms with Crippen LogP contribution in [0.15, 0.2) is 94.6 Å². The number of aromatic amines is 1. The quantitative estimate of drug-likeness (QED) is 0.0379. The van der Waals surface area contributed by atoms with E-state index in [-0.39, 0.29) is 28.0 Å². The van der Waals surface area contributed by atoms with Gasteiger partial charge in [-0.25, -0.2) is 0 Å². The molecular formula is C48H53N3O16. The fourth-order valence-electron chi connectivity index (χ4n) is 9.15. The summed E-state index contributed by atoms with van der Waals surface area (Å²) in [6.45, 7) is 1.55. The lowest BCUT2D eigenvalue weighted by Gasteiger charge is -2.46. The molecule has 1 aliphatic heterocycles. The van der Waals surface area contributed by atoms with Crippen LogP contribution in [0, 0.1) is 19.8 Å². The number of nitrogens with zero attached hydrogens (tertiary/aromatic N) is 1. The van der Waals surface area contributed by atoms with E-state index in [4.69, 9.17) is 23.5 Å². The molecule has 8 atom stereocenters. The summed E-state index contributed by atoms with van der Waals surface area (Å²) in [7, 11) is 0. The molecule has 3 aromatic heterocycles. The van der Waals surface area contributed by atoms with Gasteiger partial charge in [-0.05, 0) is 74.7 Å². The minimum atomic E-state index is -3.32. The number of aliphatic hydroxyl groups is 6. The van der Waals surface area contributed by atoms with Crippen molar-refractivity contribution >= 4 is 33.8 Å². The molecule has 19 nitrogen and oxygen atoms in total. The Kier molecular flexibility index (Phi) is 13.5. The van der Waals surface area contributed by atoms with E-state index < -0.39 is 91.2 Å². The van der Waals surface area contributed by atoms with Crippen molar-refractivity contribution in [2.45, 2.75) is 101 Å². The summed E-state index contributed by atoms with van der Waals surface area (Å²) < 4.78 is 24.9. The third kappa shape index (κ3) is 9.50. The number of hydrogen-bond donors (Lipinski definition) is 10. The first-order chi connectivity index (χ1) is 32.0. The number of phenolic OH excluding ortho intramolecular Hbond substituents is 1. The van der Waals surface area contributed by atoms with Crippen LogP contribution in [0.3, 0.4) is 0 Å². The number of hydrogen-bond acceptors (Lipinski definition) is 16. The van der Waals surface area contributed by atoms with E-state index in [1.165, 1.54) is 41.3 Å². The number of carbonyl (C=O) groups excluding carboxylic acids is 1. The van der Waals surface area contributed by atoms with Gasteiger partial charge in [-0.15, -0.1) is 0 Å². The van der Waals surface area contributed by atoms with Crippen LogP contribution in [-0.2, 0) is 19.1 Å². The van der Waals surface area contributed by atoms with E-state index in [0.717, 1.165) is 30.4 Å². The molecule has 8 rings (SSSR count). The molecule has 3 aromatic carbocycles. The highest BCUT2D eigenvalue weighted by Gasteiger charge is 2.59. The predicted molar refractivity (Wildman–Crippen MR) is 238 cm³/mol. The Morgan fingerprint density at radius 3 is 2.33 bits per heavy atom. The molecule has 0 spiro atoms. The SMILES string of the molecule is Cc1cc(C)cc(-c2c3[nH]ccc3cn2O[C@@H]2[C@@H](Oc3ccc4c(=O)c(-c5ccc(O)cc5)coc4c3)O[C@@H]([C@@](O)(CO)OC(=O)[C@H](C(=O)O)[C@@](O)(CCO)NC3CCCCC3)[C@H](O)[C@H]2O)c1. The Hall–Kier alpha value is -6.29. The first kappa shape index (κ1) is 47.2. The molecule has 4 heterocycles. The number of aliphatic hydroxyl groups excluding tert-OH is 4. The van der Waals surface area contributed by atoms with Crippen molar-refractivity contribution in [3.63, 3.8) is 0 Å². The Bertz CT molecular complexity index is 2780. The zero-order valence-electron chi connectivity index (χ0n) is 36.6. The number of rotatable bonds is 16. The number of aryl methyl sites for hydroxylation is 2. The first-order valence-corrected chi connectivity index (χ1v) is 21.9. The van der Waals surface area contributed by atoms with Crippen molar-refractivity contribution in [1.29, 1.82) is 0 Å². The molecule has 0 bridgehead atoms. The van der Waals surface area contributed by atoms with Crippen molar-refractivity contribution in [2.75, 3.05) is 13.2 Å². The molecule has 2 fully saturated rings. The van der Waals surface area contributed by atoms with Gasteiger partial charge in [0.1, 0.15) is 53.6 Å². The summed E-state index contributed by atoms with van der Waals surface area (Å²) in [5.74, 6) is -9.53. The van der Waals surface area contributed by atoms with Crippen molar-refractivity contribution in [2.24, 2.45) is 5.92 Å². The van der Waals surface area contributed by atoms with Gasteiger partial charge in [-0.2, -0.15) is 4.73 Å². The number of aromatic hydroxyl groups is 1. The number of phenols is 1. The first-order valence-electron chi connectivity index (χ1n) is 21.9. The van der Waals surface area contributed by atoms with E-state index in [2.05, 4.69) is 10.3 Å². The monoisotopic (exact) mass is 927 g/mol.